The smallest absolute Gasteiger partial charge is 0.134 e. The number of nitrogens with zero attached hydrogens (tertiary/aromatic N) is 2. The molecule has 180 valence electrons. The predicted molar refractivity (Wildman–Crippen MR) is 127 cm³/mol. The van der Waals surface area contributed by atoms with Crippen LogP contribution in [0.25, 0.3) is 0 Å². The molecule has 2 aliphatic heterocycles. The number of ether oxygens (including phenoxy) is 4. The molecule has 0 saturated carbocycles. The third-order valence-corrected chi connectivity index (χ3v) is 6.10. The summed E-state index contributed by atoms with van der Waals surface area (Å²) in [4.78, 5) is 4.56. The molecule has 2 saturated heterocycles. The molecule has 1 unspecified atom stereocenters. The standard InChI is InChI=1S/C25H33ClN2O5/c26-22-4-6-23(7-5-22)33-20-25(29)18-28(10-14-31-19-25)17-21-2-1-3-24(16-21)32-15-11-27-8-12-30-13-9-27/h1-7,16,29H,8-15,17-20H2. The molecule has 2 fully saturated rings. The number of halogens is 1. The molecule has 7 nitrogen and oxygen atoms in total. The van der Waals surface area contributed by atoms with E-state index in [4.69, 9.17) is 30.5 Å². The van der Waals surface area contributed by atoms with Crippen molar-refractivity contribution in [3.63, 3.8) is 0 Å². The Bertz CT molecular complexity index is 862. The molecule has 2 aromatic rings. The second kappa shape index (κ2) is 12.0. The lowest BCUT2D eigenvalue weighted by molar-refractivity contribution is -0.0646. The zero-order chi connectivity index (χ0) is 22.9. The first kappa shape index (κ1) is 24.3. The molecule has 4 rings (SSSR count). The first-order chi connectivity index (χ1) is 16.1. The molecule has 2 aromatic carbocycles. The van der Waals surface area contributed by atoms with Crippen molar-refractivity contribution in [2.75, 3.05) is 72.4 Å². The summed E-state index contributed by atoms with van der Waals surface area (Å²) in [7, 11) is 0. The fourth-order valence-corrected chi connectivity index (χ4v) is 4.20. The predicted octanol–water partition coefficient (Wildman–Crippen LogP) is 2.69. The third kappa shape index (κ3) is 7.84. The minimum Gasteiger partial charge on any atom is -0.492 e. The molecule has 33 heavy (non-hydrogen) atoms. The van der Waals surface area contributed by atoms with E-state index >= 15 is 0 Å². The average molecular weight is 477 g/mol. The van der Waals surface area contributed by atoms with Gasteiger partial charge in [-0.2, -0.15) is 0 Å². The van der Waals surface area contributed by atoms with Gasteiger partial charge in [-0.15, -0.1) is 0 Å². The molecule has 0 aliphatic carbocycles. The van der Waals surface area contributed by atoms with Gasteiger partial charge in [0.25, 0.3) is 0 Å². The first-order valence-corrected chi connectivity index (χ1v) is 11.9. The first-order valence-electron chi connectivity index (χ1n) is 11.5. The maximum atomic E-state index is 11.2. The van der Waals surface area contributed by atoms with E-state index in [0.29, 0.717) is 37.1 Å². The van der Waals surface area contributed by atoms with E-state index in [1.54, 1.807) is 24.3 Å². The van der Waals surface area contributed by atoms with Gasteiger partial charge in [-0.1, -0.05) is 23.7 Å². The number of benzene rings is 2. The summed E-state index contributed by atoms with van der Waals surface area (Å²) in [5.41, 5.74) is 0.0457. The Hall–Kier alpha value is -1.87. The SMILES string of the molecule is OC1(COc2ccc(Cl)cc2)COCCN(Cc2cccc(OCCN3CCOCC3)c2)C1. The van der Waals surface area contributed by atoms with Gasteiger partial charge in [0, 0.05) is 44.3 Å². The van der Waals surface area contributed by atoms with Crippen molar-refractivity contribution < 1.29 is 24.1 Å². The topological polar surface area (TPSA) is 63.6 Å². The zero-order valence-corrected chi connectivity index (χ0v) is 19.7. The van der Waals surface area contributed by atoms with Crippen molar-refractivity contribution in [2.45, 2.75) is 12.1 Å². The van der Waals surface area contributed by atoms with Crippen LogP contribution in [0.4, 0.5) is 0 Å². The maximum Gasteiger partial charge on any atom is 0.134 e. The lowest BCUT2D eigenvalue weighted by Crippen LogP contribution is -2.48. The number of hydrogen-bond donors (Lipinski definition) is 1. The zero-order valence-electron chi connectivity index (χ0n) is 19.0. The van der Waals surface area contributed by atoms with E-state index in [1.165, 1.54) is 0 Å². The Labute approximate surface area is 200 Å². The van der Waals surface area contributed by atoms with Crippen molar-refractivity contribution in [2.24, 2.45) is 0 Å². The summed E-state index contributed by atoms with van der Waals surface area (Å²) in [5, 5.41) is 11.8. The van der Waals surface area contributed by atoms with E-state index in [9.17, 15) is 5.11 Å². The summed E-state index contributed by atoms with van der Waals surface area (Å²) in [6.07, 6.45) is 0. The van der Waals surface area contributed by atoms with Crippen LogP contribution in [0.5, 0.6) is 11.5 Å². The monoisotopic (exact) mass is 476 g/mol. The van der Waals surface area contributed by atoms with Gasteiger partial charge in [0.2, 0.25) is 0 Å². The van der Waals surface area contributed by atoms with Crippen LogP contribution >= 0.6 is 11.6 Å². The summed E-state index contributed by atoms with van der Waals surface area (Å²) in [6, 6.07) is 15.3. The second-order valence-corrected chi connectivity index (χ2v) is 9.12. The van der Waals surface area contributed by atoms with E-state index < -0.39 is 5.60 Å². The van der Waals surface area contributed by atoms with Gasteiger partial charge in [0.15, 0.2) is 0 Å². The van der Waals surface area contributed by atoms with Gasteiger partial charge < -0.3 is 24.1 Å². The fourth-order valence-electron chi connectivity index (χ4n) is 4.08. The molecule has 1 atom stereocenters. The molecule has 0 amide bonds. The Morgan fingerprint density at radius 2 is 1.67 bits per heavy atom. The Balaban J connectivity index is 1.28. The van der Waals surface area contributed by atoms with Gasteiger partial charge in [-0.05, 0) is 42.0 Å². The quantitative estimate of drug-likeness (QED) is 0.597. The second-order valence-electron chi connectivity index (χ2n) is 8.68. The summed E-state index contributed by atoms with van der Waals surface area (Å²) < 4.78 is 22.9. The highest BCUT2D eigenvalue weighted by Crippen LogP contribution is 2.21. The third-order valence-electron chi connectivity index (χ3n) is 5.85. The largest absolute Gasteiger partial charge is 0.492 e. The van der Waals surface area contributed by atoms with Crippen LogP contribution in [-0.4, -0.2) is 92.9 Å². The lowest BCUT2D eigenvalue weighted by atomic mass is 10.1. The summed E-state index contributed by atoms with van der Waals surface area (Å²) in [6.45, 7) is 7.94. The minimum atomic E-state index is -1.09. The molecule has 1 N–H and O–H groups in total. The van der Waals surface area contributed by atoms with Crippen molar-refractivity contribution in [3.05, 3.63) is 59.1 Å². The molecule has 8 heteroatoms. The van der Waals surface area contributed by atoms with E-state index in [-0.39, 0.29) is 13.2 Å². The van der Waals surface area contributed by atoms with Gasteiger partial charge in [0.1, 0.15) is 30.3 Å². The maximum absolute atomic E-state index is 11.2. The van der Waals surface area contributed by atoms with Gasteiger partial charge in [-0.25, -0.2) is 0 Å². The summed E-state index contributed by atoms with van der Waals surface area (Å²) in [5.74, 6) is 1.54. The highest BCUT2D eigenvalue weighted by molar-refractivity contribution is 6.30. The fraction of sp³-hybridized carbons (Fsp3) is 0.520. The number of aliphatic hydroxyl groups is 1. The van der Waals surface area contributed by atoms with E-state index in [0.717, 1.165) is 50.7 Å². The Morgan fingerprint density at radius 1 is 0.909 bits per heavy atom. The summed E-state index contributed by atoms with van der Waals surface area (Å²) >= 11 is 5.93. The van der Waals surface area contributed by atoms with Gasteiger partial charge in [-0.3, -0.25) is 9.80 Å². The van der Waals surface area contributed by atoms with Gasteiger partial charge in [0.05, 0.1) is 26.4 Å². The molecule has 2 aliphatic rings. The number of hydrogen-bond acceptors (Lipinski definition) is 7. The molecule has 2 heterocycles. The lowest BCUT2D eigenvalue weighted by Gasteiger charge is -2.30. The van der Waals surface area contributed by atoms with Crippen molar-refractivity contribution >= 4 is 11.6 Å². The molecular formula is C25H33ClN2O5. The highest BCUT2D eigenvalue weighted by atomic mass is 35.5. The molecule has 0 aromatic heterocycles. The van der Waals surface area contributed by atoms with Crippen molar-refractivity contribution in [1.82, 2.24) is 9.80 Å². The van der Waals surface area contributed by atoms with Crippen LogP contribution in [0.2, 0.25) is 5.02 Å². The number of rotatable bonds is 9. The molecule has 0 radical (unpaired) electrons. The van der Waals surface area contributed by atoms with Crippen LogP contribution in [0.15, 0.2) is 48.5 Å². The Morgan fingerprint density at radius 3 is 2.48 bits per heavy atom. The number of morpholine rings is 1. The highest BCUT2D eigenvalue weighted by Gasteiger charge is 2.33. The molecule has 0 spiro atoms. The van der Waals surface area contributed by atoms with E-state index in [1.807, 2.05) is 12.1 Å². The van der Waals surface area contributed by atoms with Crippen molar-refractivity contribution in [3.8, 4) is 11.5 Å². The van der Waals surface area contributed by atoms with Crippen molar-refractivity contribution in [1.29, 1.82) is 0 Å². The van der Waals surface area contributed by atoms with E-state index in [2.05, 4.69) is 21.9 Å². The van der Waals surface area contributed by atoms with Crippen LogP contribution in [0.1, 0.15) is 5.56 Å². The van der Waals surface area contributed by atoms with Crippen LogP contribution in [-0.2, 0) is 16.0 Å². The number of β-amino-alcohol motifs (C(OH)–C–C–N with tert-alkyl or cyclic N) is 1. The molecular weight excluding hydrogens is 444 g/mol. The minimum absolute atomic E-state index is 0.149. The molecule has 0 bridgehead atoms. The Kier molecular flexibility index (Phi) is 8.83. The van der Waals surface area contributed by atoms with Crippen LogP contribution in [0, 0.1) is 0 Å². The van der Waals surface area contributed by atoms with Gasteiger partial charge >= 0.3 is 0 Å². The van der Waals surface area contributed by atoms with Crippen LogP contribution < -0.4 is 9.47 Å². The average Bonchev–Trinajstić information content (AvgIpc) is 3.01. The normalized spacial score (nSPS) is 22.6. The van der Waals surface area contributed by atoms with Crippen LogP contribution in [0.3, 0.4) is 0 Å².